The van der Waals surface area contributed by atoms with Crippen molar-refractivity contribution in [1.29, 1.82) is 0 Å². The van der Waals surface area contributed by atoms with Gasteiger partial charge in [0.25, 0.3) is 5.95 Å². The molecule has 4 rings (SSSR count). The van der Waals surface area contributed by atoms with Crippen molar-refractivity contribution >= 4 is 11.7 Å². The van der Waals surface area contributed by atoms with Gasteiger partial charge in [-0.25, -0.2) is 9.97 Å². The summed E-state index contributed by atoms with van der Waals surface area (Å²) >= 11 is 0. The predicted octanol–water partition coefficient (Wildman–Crippen LogP) is 3.08. The van der Waals surface area contributed by atoms with E-state index in [1.807, 2.05) is 45.0 Å². The molecule has 3 heterocycles. The molecule has 0 spiro atoms. The third-order valence-electron chi connectivity index (χ3n) is 5.07. The van der Waals surface area contributed by atoms with Gasteiger partial charge in [-0.1, -0.05) is 0 Å². The molecule has 0 bridgehead atoms. The monoisotopic (exact) mass is 393 g/mol. The van der Waals surface area contributed by atoms with Crippen LogP contribution < -0.4 is 14.8 Å². The lowest BCUT2D eigenvalue weighted by Gasteiger charge is -2.25. The number of rotatable bonds is 4. The third kappa shape index (κ3) is 3.30. The molecule has 2 aromatic heterocycles. The number of anilines is 1. The van der Waals surface area contributed by atoms with Crippen LogP contribution in [0.15, 0.2) is 24.3 Å². The minimum absolute atomic E-state index is 0.0992. The van der Waals surface area contributed by atoms with E-state index in [0.717, 1.165) is 28.2 Å². The Labute approximate surface area is 168 Å². The molecule has 29 heavy (non-hydrogen) atoms. The largest absolute Gasteiger partial charge is 0.497 e. The summed E-state index contributed by atoms with van der Waals surface area (Å²) in [4.78, 5) is 21.6. The van der Waals surface area contributed by atoms with E-state index < -0.39 is 0 Å². The first kappa shape index (κ1) is 18.9. The fourth-order valence-corrected chi connectivity index (χ4v) is 3.87. The number of nitrogens with one attached hydrogen (secondary N) is 1. The van der Waals surface area contributed by atoms with E-state index in [1.165, 1.54) is 0 Å². The molecule has 150 valence electrons. The Morgan fingerprint density at radius 2 is 1.79 bits per heavy atom. The number of hydrogen-bond acceptors (Lipinski definition) is 6. The molecule has 0 saturated carbocycles. The number of carbonyl (C=O) groups is 1. The smallest absolute Gasteiger partial charge is 0.252 e. The zero-order chi connectivity index (χ0) is 20.7. The highest BCUT2D eigenvalue weighted by molar-refractivity contribution is 5.95. The average Bonchev–Trinajstić information content (AvgIpc) is 3.02. The van der Waals surface area contributed by atoms with Gasteiger partial charge in [-0.2, -0.15) is 9.78 Å². The number of aromatic nitrogens is 4. The van der Waals surface area contributed by atoms with Crippen LogP contribution in [-0.2, 0) is 4.79 Å². The highest BCUT2D eigenvalue weighted by Gasteiger charge is 2.35. The second kappa shape index (κ2) is 7.20. The standard InChI is InChI=1S/C21H23N5O3/c1-11-8-12(2)23-21(22-11)26-20-19(13(3)25-26)16(10-18(27)24-20)15-9-14(28-4)6-7-17(15)29-5/h6-9,16H,10H2,1-5H3,(H,24,27)/t16-/m1/s1. The third-order valence-corrected chi connectivity index (χ3v) is 5.07. The van der Waals surface area contributed by atoms with Crippen LogP contribution >= 0.6 is 0 Å². The summed E-state index contributed by atoms with van der Waals surface area (Å²) in [6.45, 7) is 5.74. The van der Waals surface area contributed by atoms with Crippen molar-refractivity contribution in [2.24, 2.45) is 0 Å². The number of hydrogen-bond donors (Lipinski definition) is 1. The Bertz CT molecular complexity index is 1090. The van der Waals surface area contributed by atoms with E-state index in [0.29, 0.717) is 23.3 Å². The predicted molar refractivity (Wildman–Crippen MR) is 108 cm³/mol. The molecule has 1 aromatic carbocycles. The van der Waals surface area contributed by atoms with Gasteiger partial charge in [0.05, 0.1) is 19.9 Å². The van der Waals surface area contributed by atoms with Gasteiger partial charge in [0.1, 0.15) is 17.3 Å². The highest BCUT2D eigenvalue weighted by Crippen LogP contribution is 2.43. The minimum atomic E-state index is -0.219. The van der Waals surface area contributed by atoms with Crippen LogP contribution in [0, 0.1) is 20.8 Å². The van der Waals surface area contributed by atoms with Crippen molar-refractivity contribution in [3.8, 4) is 17.4 Å². The Kier molecular flexibility index (Phi) is 4.70. The van der Waals surface area contributed by atoms with Crippen LogP contribution in [0.5, 0.6) is 11.5 Å². The number of ether oxygens (including phenoxy) is 2. The van der Waals surface area contributed by atoms with E-state index in [1.54, 1.807) is 18.9 Å². The van der Waals surface area contributed by atoms with E-state index in [9.17, 15) is 4.79 Å². The maximum Gasteiger partial charge on any atom is 0.252 e. The summed E-state index contributed by atoms with van der Waals surface area (Å²) in [5, 5.41) is 7.62. The van der Waals surface area contributed by atoms with Crippen LogP contribution in [0.4, 0.5) is 5.82 Å². The lowest BCUT2D eigenvalue weighted by atomic mass is 9.85. The van der Waals surface area contributed by atoms with E-state index in [4.69, 9.17) is 9.47 Å². The van der Waals surface area contributed by atoms with Gasteiger partial charge in [-0.3, -0.25) is 4.79 Å². The van der Waals surface area contributed by atoms with Crippen molar-refractivity contribution in [3.05, 3.63) is 52.5 Å². The zero-order valence-corrected chi connectivity index (χ0v) is 17.1. The maximum atomic E-state index is 12.6. The van der Waals surface area contributed by atoms with Crippen LogP contribution in [-0.4, -0.2) is 39.9 Å². The fourth-order valence-electron chi connectivity index (χ4n) is 3.87. The molecular weight excluding hydrogens is 370 g/mol. The number of benzene rings is 1. The molecule has 1 aliphatic heterocycles. The number of amides is 1. The Hall–Kier alpha value is -3.42. The second-order valence-corrected chi connectivity index (χ2v) is 7.12. The molecule has 1 amide bonds. The lowest BCUT2D eigenvalue weighted by molar-refractivity contribution is -0.116. The minimum Gasteiger partial charge on any atom is -0.497 e. The number of fused-ring (bicyclic) bond motifs is 1. The van der Waals surface area contributed by atoms with Crippen LogP contribution in [0.25, 0.3) is 5.95 Å². The van der Waals surface area contributed by atoms with Gasteiger partial charge >= 0.3 is 0 Å². The molecule has 0 unspecified atom stereocenters. The summed E-state index contributed by atoms with van der Waals surface area (Å²) in [6, 6.07) is 7.50. The van der Waals surface area contributed by atoms with Gasteiger partial charge in [-0.15, -0.1) is 0 Å². The van der Waals surface area contributed by atoms with E-state index >= 15 is 0 Å². The quantitative estimate of drug-likeness (QED) is 0.732. The number of nitrogens with zero attached hydrogens (tertiary/aromatic N) is 4. The normalized spacial score (nSPS) is 15.6. The molecule has 0 radical (unpaired) electrons. The molecule has 8 nitrogen and oxygen atoms in total. The molecule has 1 atom stereocenters. The zero-order valence-electron chi connectivity index (χ0n) is 17.1. The van der Waals surface area contributed by atoms with Gasteiger partial charge in [0.15, 0.2) is 0 Å². The molecule has 0 saturated heterocycles. The molecule has 8 heteroatoms. The summed E-state index contributed by atoms with van der Waals surface area (Å²) in [6.07, 6.45) is 0.288. The number of carbonyl (C=O) groups excluding carboxylic acids is 1. The summed E-state index contributed by atoms with van der Waals surface area (Å²) in [5.74, 6) is 2.12. The van der Waals surface area contributed by atoms with Gasteiger partial charge in [0, 0.05) is 34.9 Å². The van der Waals surface area contributed by atoms with Crippen molar-refractivity contribution in [3.63, 3.8) is 0 Å². The van der Waals surface area contributed by atoms with Crippen LogP contribution in [0.1, 0.15) is 40.5 Å². The Morgan fingerprint density at radius 1 is 1.07 bits per heavy atom. The first-order chi connectivity index (χ1) is 13.9. The first-order valence-electron chi connectivity index (χ1n) is 9.35. The molecule has 1 aliphatic rings. The van der Waals surface area contributed by atoms with Crippen LogP contribution in [0.2, 0.25) is 0 Å². The van der Waals surface area contributed by atoms with E-state index in [2.05, 4.69) is 20.4 Å². The Balaban J connectivity index is 1.91. The second-order valence-electron chi connectivity index (χ2n) is 7.12. The summed E-state index contributed by atoms with van der Waals surface area (Å²) in [5.41, 5.74) is 4.29. The summed E-state index contributed by atoms with van der Waals surface area (Å²) in [7, 11) is 3.24. The van der Waals surface area contributed by atoms with E-state index in [-0.39, 0.29) is 18.2 Å². The average molecular weight is 393 g/mol. The first-order valence-corrected chi connectivity index (χ1v) is 9.35. The maximum absolute atomic E-state index is 12.6. The van der Waals surface area contributed by atoms with Crippen molar-refractivity contribution < 1.29 is 14.3 Å². The fraction of sp³-hybridized carbons (Fsp3) is 0.333. The molecule has 1 N–H and O–H groups in total. The SMILES string of the molecule is COc1ccc(OC)c([C@H]2CC(=O)Nc3c2c(C)nn3-c2nc(C)cc(C)n2)c1. The van der Waals surface area contributed by atoms with Gasteiger partial charge in [-0.05, 0) is 45.0 Å². The number of aryl methyl sites for hydroxylation is 3. The Morgan fingerprint density at radius 3 is 2.45 bits per heavy atom. The molecular formula is C21H23N5O3. The molecule has 0 aliphatic carbocycles. The van der Waals surface area contributed by atoms with Crippen molar-refractivity contribution in [2.45, 2.75) is 33.1 Å². The number of methoxy groups -OCH3 is 2. The topological polar surface area (TPSA) is 91.2 Å². The highest BCUT2D eigenvalue weighted by atomic mass is 16.5. The lowest BCUT2D eigenvalue weighted by Crippen LogP contribution is -2.25. The van der Waals surface area contributed by atoms with Gasteiger partial charge in [0.2, 0.25) is 5.91 Å². The van der Waals surface area contributed by atoms with Crippen LogP contribution in [0.3, 0.4) is 0 Å². The van der Waals surface area contributed by atoms with Crippen molar-refractivity contribution in [1.82, 2.24) is 19.7 Å². The molecule has 0 fully saturated rings. The molecule has 3 aromatic rings. The van der Waals surface area contributed by atoms with Gasteiger partial charge < -0.3 is 14.8 Å². The summed E-state index contributed by atoms with van der Waals surface area (Å²) < 4.78 is 12.6. The van der Waals surface area contributed by atoms with Crippen molar-refractivity contribution in [2.75, 3.05) is 19.5 Å².